The minimum absolute atomic E-state index is 0.0486. The Morgan fingerprint density at radius 1 is 1.16 bits per heavy atom. The number of aromatic nitrogens is 4. The van der Waals surface area contributed by atoms with Gasteiger partial charge in [0.05, 0.1) is 6.10 Å². The predicted molar refractivity (Wildman–Crippen MR) is 108 cm³/mol. The third kappa shape index (κ3) is 5.71. The van der Waals surface area contributed by atoms with Crippen LogP contribution in [0.2, 0.25) is 0 Å². The van der Waals surface area contributed by atoms with Gasteiger partial charge in [0.15, 0.2) is 0 Å². The lowest BCUT2D eigenvalue weighted by Gasteiger charge is -2.15. The molecule has 2 heterocycles. The number of fused-ring (bicyclic) bond motifs is 1. The number of rotatable bonds is 7. The lowest BCUT2D eigenvalue weighted by molar-refractivity contribution is -0.144. The average molecular weight is 435 g/mol. The molecule has 0 aliphatic rings. The van der Waals surface area contributed by atoms with Gasteiger partial charge in [-0.25, -0.2) is 4.98 Å². The molecule has 1 N–H and O–H groups in total. The lowest BCUT2D eigenvalue weighted by Crippen LogP contribution is -2.34. The lowest BCUT2D eigenvalue weighted by atomic mass is 10.1. The van der Waals surface area contributed by atoms with Crippen LogP contribution in [-0.4, -0.2) is 37.6 Å². The molecular weight excluding hydrogens is 411 g/mol. The van der Waals surface area contributed by atoms with E-state index in [0.717, 1.165) is 22.2 Å². The Bertz CT molecular complexity index is 1060. The number of hydrogen-bond acceptors (Lipinski definition) is 5. The van der Waals surface area contributed by atoms with Crippen LogP contribution in [0.5, 0.6) is 5.75 Å². The van der Waals surface area contributed by atoms with Gasteiger partial charge in [0, 0.05) is 11.7 Å². The first-order chi connectivity index (χ1) is 14.5. The smallest absolute Gasteiger partial charge is 0.453 e. The Morgan fingerprint density at radius 2 is 1.84 bits per heavy atom. The monoisotopic (exact) mass is 435 g/mol. The Balaban J connectivity index is 1.67. The van der Waals surface area contributed by atoms with E-state index in [0.29, 0.717) is 12.1 Å². The number of amides is 1. The van der Waals surface area contributed by atoms with Crippen molar-refractivity contribution in [2.45, 2.75) is 58.9 Å². The molecule has 0 spiro atoms. The zero-order valence-electron chi connectivity index (χ0n) is 17.7. The molecule has 0 aliphatic heterocycles. The quantitative estimate of drug-likeness (QED) is 0.607. The molecule has 2 aromatic heterocycles. The second-order valence-electron chi connectivity index (χ2n) is 7.65. The number of hydrogen-bond donors (Lipinski definition) is 1. The van der Waals surface area contributed by atoms with Crippen LogP contribution in [-0.2, 0) is 12.6 Å². The van der Waals surface area contributed by atoms with Crippen LogP contribution >= 0.6 is 0 Å². The summed E-state index contributed by atoms with van der Waals surface area (Å²) in [4.78, 5) is 20.0. The number of alkyl halides is 3. The molecule has 0 saturated carbocycles. The van der Waals surface area contributed by atoms with Crippen molar-refractivity contribution in [3.8, 4) is 5.75 Å². The molecule has 0 fully saturated rings. The van der Waals surface area contributed by atoms with E-state index in [1.165, 1.54) is 6.07 Å². The van der Waals surface area contributed by atoms with E-state index in [2.05, 4.69) is 20.4 Å². The van der Waals surface area contributed by atoms with Crippen LogP contribution < -0.4 is 10.1 Å². The highest BCUT2D eigenvalue weighted by atomic mass is 19.4. The van der Waals surface area contributed by atoms with Crippen molar-refractivity contribution in [3.05, 3.63) is 53.1 Å². The number of aryl methyl sites for hydroxylation is 2. The van der Waals surface area contributed by atoms with E-state index in [9.17, 15) is 18.0 Å². The highest BCUT2D eigenvalue weighted by Crippen LogP contribution is 2.26. The molecule has 0 unspecified atom stereocenters. The van der Waals surface area contributed by atoms with Gasteiger partial charge < -0.3 is 10.1 Å². The fourth-order valence-electron chi connectivity index (χ4n) is 3.03. The maximum atomic E-state index is 12.9. The summed E-state index contributed by atoms with van der Waals surface area (Å²) in [6.07, 6.45) is -3.26. The Labute approximate surface area is 177 Å². The minimum Gasteiger partial charge on any atom is -0.491 e. The van der Waals surface area contributed by atoms with Crippen molar-refractivity contribution in [1.82, 2.24) is 24.9 Å². The summed E-state index contributed by atoms with van der Waals surface area (Å²) in [6.45, 7) is 7.33. The van der Waals surface area contributed by atoms with Gasteiger partial charge in [0.1, 0.15) is 11.4 Å². The van der Waals surface area contributed by atoms with Crippen molar-refractivity contribution in [2.24, 2.45) is 0 Å². The number of halogens is 3. The number of benzene rings is 1. The third-order valence-corrected chi connectivity index (χ3v) is 4.47. The molecule has 0 radical (unpaired) electrons. The molecule has 3 aromatic rings. The van der Waals surface area contributed by atoms with E-state index in [1.807, 2.05) is 45.0 Å². The van der Waals surface area contributed by atoms with Crippen molar-refractivity contribution in [2.75, 3.05) is 0 Å². The van der Waals surface area contributed by atoms with Gasteiger partial charge in [-0.15, -0.1) is 5.10 Å². The molecule has 1 atom stereocenters. The molecule has 7 nitrogen and oxygen atoms in total. The van der Waals surface area contributed by atoms with Gasteiger partial charge in [-0.2, -0.15) is 22.7 Å². The molecule has 3 rings (SSSR count). The first-order valence-corrected chi connectivity index (χ1v) is 9.91. The molecule has 166 valence electrons. The number of nitrogens with one attached hydrogen (secondary N) is 1. The van der Waals surface area contributed by atoms with Crippen molar-refractivity contribution < 1.29 is 22.7 Å². The maximum Gasteiger partial charge on any atom is 0.453 e. The zero-order valence-corrected chi connectivity index (χ0v) is 17.7. The zero-order chi connectivity index (χ0) is 22.8. The molecular formula is C21H24F3N5O2. The predicted octanol–water partition coefficient (Wildman–Crippen LogP) is 3.99. The number of carbonyl (C=O) groups is 1. The van der Waals surface area contributed by atoms with E-state index in [1.54, 1.807) is 6.92 Å². The van der Waals surface area contributed by atoms with Crippen molar-refractivity contribution >= 4 is 11.7 Å². The Morgan fingerprint density at radius 3 is 2.45 bits per heavy atom. The van der Waals surface area contributed by atoms with Crippen molar-refractivity contribution in [3.63, 3.8) is 0 Å². The summed E-state index contributed by atoms with van der Waals surface area (Å²) in [6, 6.07) is 8.91. The van der Waals surface area contributed by atoms with Gasteiger partial charge in [-0.3, -0.25) is 4.79 Å². The Kier molecular flexibility index (Phi) is 6.47. The maximum absolute atomic E-state index is 12.9. The van der Waals surface area contributed by atoms with Gasteiger partial charge in [-0.05, 0) is 64.3 Å². The van der Waals surface area contributed by atoms with Gasteiger partial charge >= 0.3 is 6.18 Å². The highest BCUT2D eigenvalue weighted by molar-refractivity contribution is 5.93. The normalized spacial score (nSPS) is 12.9. The van der Waals surface area contributed by atoms with E-state index in [-0.39, 0.29) is 23.6 Å². The average Bonchev–Trinajstić information content (AvgIpc) is 3.10. The van der Waals surface area contributed by atoms with Crippen LogP contribution in [0.3, 0.4) is 0 Å². The third-order valence-electron chi connectivity index (χ3n) is 4.47. The summed E-state index contributed by atoms with van der Waals surface area (Å²) in [5.74, 6) is -1.35. The fourth-order valence-corrected chi connectivity index (χ4v) is 3.03. The van der Waals surface area contributed by atoms with Crippen LogP contribution in [0.1, 0.15) is 54.8 Å². The molecule has 1 amide bonds. The first kappa shape index (κ1) is 22.5. The van der Waals surface area contributed by atoms with Crippen LogP contribution in [0.4, 0.5) is 13.2 Å². The molecule has 31 heavy (non-hydrogen) atoms. The minimum atomic E-state index is -4.72. The van der Waals surface area contributed by atoms with E-state index < -0.39 is 17.9 Å². The highest BCUT2D eigenvalue weighted by Gasteiger charge is 2.37. The summed E-state index contributed by atoms with van der Waals surface area (Å²) >= 11 is 0. The molecule has 10 heteroatoms. The van der Waals surface area contributed by atoms with Crippen LogP contribution in [0.25, 0.3) is 5.78 Å². The first-order valence-electron chi connectivity index (χ1n) is 9.91. The molecule has 0 aliphatic carbocycles. The second-order valence-corrected chi connectivity index (χ2v) is 7.65. The number of ether oxygens (including phenoxy) is 1. The van der Waals surface area contributed by atoms with Crippen LogP contribution in [0, 0.1) is 6.92 Å². The van der Waals surface area contributed by atoms with E-state index >= 15 is 0 Å². The number of nitrogens with zero attached hydrogens (tertiary/aromatic N) is 4. The Hall–Kier alpha value is -3.17. The van der Waals surface area contributed by atoms with Crippen LogP contribution in [0.15, 0.2) is 30.3 Å². The molecule has 0 saturated heterocycles. The summed E-state index contributed by atoms with van der Waals surface area (Å²) in [5, 5.41) is 6.23. The summed E-state index contributed by atoms with van der Waals surface area (Å²) < 4.78 is 45.3. The largest absolute Gasteiger partial charge is 0.491 e. The van der Waals surface area contributed by atoms with Gasteiger partial charge in [0.2, 0.25) is 0 Å². The van der Waals surface area contributed by atoms with Gasteiger partial charge in [0.25, 0.3) is 17.5 Å². The van der Waals surface area contributed by atoms with E-state index in [4.69, 9.17) is 4.74 Å². The standard InChI is InChI=1S/C21H24F3N5O2/c1-12(2)31-16-9-7-15(8-10-16)6-5-13(3)25-18(30)17-11-14(4)26-20-27-19(21(22,23)24)28-29(17)20/h7-13H,5-6H2,1-4H3,(H,25,30)/t13-/m0/s1. The molecule has 1 aromatic carbocycles. The fraction of sp³-hybridized carbons (Fsp3) is 0.429. The summed E-state index contributed by atoms with van der Waals surface area (Å²) in [5.41, 5.74) is 1.41. The second kappa shape index (κ2) is 8.91. The number of carbonyl (C=O) groups excluding carboxylic acids is 1. The van der Waals surface area contributed by atoms with Crippen molar-refractivity contribution in [1.29, 1.82) is 0 Å². The van der Waals surface area contributed by atoms with Gasteiger partial charge in [-0.1, -0.05) is 12.1 Å². The molecule has 0 bridgehead atoms. The SMILES string of the molecule is Cc1cc(C(=O)N[C@@H](C)CCc2ccc(OC(C)C)cc2)n2nc(C(F)(F)F)nc2n1. The summed E-state index contributed by atoms with van der Waals surface area (Å²) in [7, 11) is 0. The topological polar surface area (TPSA) is 81.4 Å².